The lowest BCUT2D eigenvalue weighted by Crippen LogP contribution is -2.17. The molecular weight excluding hydrogens is 268 g/mol. The molecule has 0 atom stereocenters. The minimum atomic E-state index is -0.849. The van der Waals surface area contributed by atoms with Gasteiger partial charge in [-0.15, -0.1) is 0 Å². The molecule has 16 heavy (non-hydrogen) atoms. The number of benzene rings is 1. The molecule has 2 nitrogen and oxygen atoms in total. The van der Waals surface area contributed by atoms with Crippen LogP contribution in [0.2, 0.25) is 0 Å². The quantitative estimate of drug-likeness (QED) is 0.837. The smallest absolute Gasteiger partial charge is 0.336 e. The second-order valence-corrected chi connectivity index (χ2v) is 5.53. The first-order valence-electron chi connectivity index (χ1n) is 5.21. The molecule has 0 spiro atoms. The number of aryl methyl sites for hydroxylation is 1. The fourth-order valence-corrected chi connectivity index (χ4v) is 2.49. The standard InChI is InChI=1S/C13H17BrO2/c1-8-5-6-10(13(2,3)4)9(7-14)11(8)12(15)16/h5-6H,7H2,1-4H3,(H,15,16). The number of hydrogen-bond acceptors (Lipinski definition) is 1. The Morgan fingerprint density at radius 3 is 2.31 bits per heavy atom. The van der Waals surface area contributed by atoms with Gasteiger partial charge in [0, 0.05) is 5.33 Å². The molecule has 1 aromatic rings. The van der Waals surface area contributed by atoms with Gasteiger partial charge in [0.25, 0.3) is 0 Å². The zero-order valence-electron chi connectivity index (χ0n) is 10.1. The van der Waals surface area contributed by atoms with E-state index in [1.807, 2.05) is 19.1 Å². The van der Waals surface area contributed by atoms with Crippen LogP contribution in [-0.4, -0.2) is 11.1 Å². The summed E-state index contributed by atoms with van der Waals surface area (Å²) in [5.41, 5.74) is 3.19. The molecule has 1 aromatic carbocycles. The van der Waals surface area contributed by atoms with Crippen molar-refractivity contribution in [2.24, 2.45) is 0 Å². The number of aromatic carboxylic acids is 1. The van der Waals surface area contributed by atoms with Crippen LogP contribution in [-0.2, 0) is 10.7 Å². The first-order valence-corrected chi connectivity index (χ1v) is 6.33. The number of carboxylic acids is 1. The summed E-state index contributed by atoms with van der Waals surface area (Å²) in [6.07, 6.45) is 0. The summed E-state index contributed by atoms with van der Waals surface area (Å²) in [6, 6.07) is 3.91. The Balaban J connectivity index is 3.56. The molecule has 1 rings (SSSR count). The molecule has 0 aliphatic carbocycles. The number of rotatable bonds is 2. The molecule has 0 heterocycles. The van der Waals surface area contributed by atoms with Crippen molar-refractivity contribution in [1.29, 1.82) is 0 Å². The van der Waals surface area contributed by atoms with Gasteiger partial charge in [0.2, 0.25) is 0 Å². The van der Waals surface area contributed by atoms with Gasteiger partial charge < -0.3 is 5.11 Å². The van der Waals surface area contributed by atoms with Crippen LogP contribution < -0.4 is 0 Å². The molecule has 0 saturated carbocycles. The molecule has 0 aromatic heterocycles. The van der Waals surface area contributed by atoms with Gasteiger partial charge in [-0.25, -0.2) is 4.79 Å². The summed E-state index contributed by atoms with van der Waals surface area (Å²) in [7, 11) is 0. The van der Waals surface area contributed by atoms with Crippen molar-refractivity contribution in [1.82, 2.24) is 0 Å². The molecule has 1 N–H and O–H groups in total. The van der Waals surface area contributed by atoms with Gasteiger partial charge in [0.05, 0.1) is 5.56 Å². The minimum absolute atomic E-state index is 0.0407. The minimum Gasteiger partial charge on any atom is -0.478 e. The van der Waals surface area contributed by atoms with Crippen molar-refractivity contribution in [2.45, 2.75) is 38.4 Å². The van der Waals surface area contributed by atoms with Gasteiger partial charge in [-0.2, -0.15) is 0 Å². The van der Waals surface area contributed by atoms with E-state index in [4.69, 9.17) is 0 Å². The molecule has 0 bridgehead atoms. The highest BCUT2D eigenvalue weighted by Gasteiger charge is 2.23. The van der Waals surface area contributed by atoms with Gasteiger partial charge in [-0.05, 0) is 29.0 Å². The normalized spacial score (nSPS) is 11.6. The molecular formula is C13H17BrO2. The molecule has 0 saturated heterocycles. The first kappa shape index (κ1) is 13.2. The molecule has 0 unspecified atom stereocenters. The number of hydrogen-bond donors (Lipinski definition) is 1. The predicted octanol–water partition coefficient (Wildman–Crippen LogP) is 3.89. The van der Waals surface area contributed by atoms with Crippen LogP contribution in [0, 0.1) is 6.92 Å². The van der Waals surface area contributed by atoms with Crippen LogP contribution in [0.25, 0.3) is 0 Å². The van der Waals surface area contributed by atoms with Crippen LogP contribution in [0.1, 0.15) is 47.8 Å². The lowest BCUT2D eigenvalue weighted by molar-refractivity contribution is 0.0695. The highest BCUT2D eigenvalue weighted by molar-refractivity contribution is 9.08. The van der Waals surface area contributed by atoms with E-state index in [-0.39, 0.29) is 5.41 Å². The van der Waals surface area contributed by atoms with Crippen LogP contribution in [0.15, 0.2) is 12.1 Å². The highest BCUT2D eigenvalue weighted by Crippen LogP contribution is 2.31. The van der Waals surface area contributed by atoms with Gasteiger partial charge >= 0.3 is 5.97 Å². The van der Waals surface area contributed by atoms with Crippen molar-refractivity contribution in [2.75, 3.05) is 0 Å². The Bertz CT molecular complexity index is 417. The van der Waals surface area contributed by atoms with Crippen molar-refractivity contribution >= 4 is 21.9 Å². The summed E-state index contributed by atoms with van der Waals surface area (Å²) in [5, 5.41) is 9.82. The average molecular weight is 285 g/mol. The number of carboxylic acid groups (broad SMARTS) is 1. The van der Waals surface area contributed by atoms with Gasteiger partial charge in [-0.3, -0.25) is 0 Å². The van der Waals surface area contributed by atoms with Crippen LogP contribution in [0.5, 0.6) is 0 Å². The summed E-state index contributed by atoms with van der Waals surface area (Å²) >= 11 is 3.39. The van der Waals surface area contributed by atoms with Gasteiger partial charge in [-0.1, -0.05) is 48.8 Å². The summed E-state index contributed by atoms with van der Waals surface area (Å²) in [4.78, 5) is 11.3. The van der Waals surface area contributed by atoms with E-state index in [1.165, 1.54) is 0 Å². The number of carbonyl (C=O) groups is 1. The molecule has 0 aliphatic rings. The van der Waals surface area contributed by atoms with E-state index in [2.05, 4.69) is 36.7 Å². The summed E-state index contributed by atoms with van der Waals surface area (Å²) in [6.45, 7) is 8.11. The summed E-state index contributed by atoms with van der Waals surface area (Å²) in [5.74, 6) is -0.849. The van der Waals surface area contributed by atoms with E-state index in [1.54, 1.807) is 0 Å². The zero-order chi connectivity index (χ0) is 12.5. The van der Waals surface area contributed by atoms with Crippen molar-refractivity contribution in [3.8, 4) is 0 Å². The Hall–Kier alpha value is -0.830. The maximum atomic E-state index is 11.3. The average Bonchev–Trinajstić information content (AvgIpc) is 2.14. The Morgan fingerprint density at radius 1 is 1.38 bits per heavy atom. The van der Waals surface area contributed by atoms with E-state index >= 15 is 0 Å². The lowest BCUT2D eigenvalue weighted by Gasteiger charge is -2.24. The lowest BCUT2D eigenvalue weighted by atomic mass is 9.81. The predicted molar refractivity (Wildman–Crippen MR) is 69.5 cm³/mol. The highest BCUT2D eigenvalue weighted by atomic mass is 79.9. The second-order valence-electron chi connectivity index (χ2n) is 4.97. The van der Waals surface area contributed by atoms with Crippen LogP contribution in [0.3, 0.4) is 0 Å². The maximum absolute atomic E-state index is 11.3. The zero-order valence-corrected chi connectivity index (χ0v) is 11.7. The third-order valence-electron chi connectivity index (χ3n) is 2.68. The first-order chi connectivity index (χ1) is 7.29. The third-order valence-corrected chi connectivity index (χ3v) is 3.24. The van der Waals surface area contributed by atoms with Crippen molar-refractivity contribution in [3.05, 3.63) is 34.4 Å². The topological polar surface area (TPSA) is 37.3 Å². The molecule has 0 fully saturated rings. The fourth-order valence-electron chi connectivity index (χ4n) is 1.90. The number of alkyl halides is 1. The maximum Gasteiger partial charge on any atom is 0.336 e. The third kappa shape index (κ3) is 2.46. The molecule has 0 radical (unpaired) electrons. The summed E-state index contributed by atoms with van der Waals surface area (Å²) < 4.78 is 0. The van der Waals surface area contributed by atoms with E-state index < -0.39 is 5.97 Å². The largest absolute Gasteiger partial charge is 0.478 e. The Kier molecular flexibility index (Phi) is 3.79. The number of halogens is 1. The molecule has 3 heteroatoms. The van der Waals surface area contributed by atoms with Gasteiger partial charge in [0.1, 0.15) is 0 Å². The fraction of sp³-hybridized carbons (Fsp3) is 0.462. The SMILES string of the molecule is Cc1ccc(C(C)(C)C)c(CBr)c1C(=O)O. The van der Waals surface area contributed by atoms with E-state index in [9.17, 15) is 9.90 Å². The Labute approximate surface area is 105 Å². The molecule has 0 aliphatic heterocycles. The monoisotopic (exact) mass is 284 g/mol. The van der Waals surface area contributed by atoms with Crippen LogP contribution in [0.4, 0.5) is 0 Å². The van der Waals surface area contributed by atoms with Crippen molar-refractivity contribution in [3.63, 3.8) is 0 Å². The van der Waals surface area contributed by atoms with E-state index in [0.717, 1.165) is 16.7 Å². The second kappa shape index (κ2) is 4.58. The molecule has 0 amide bonds. The van der Waals surface area contributed by atoms with Crippen molar-refractivity contribution < 1.29 is 9.90 Å². The molecule has 88 valence electrons. The Morgan fingerprint density at radius 2 is 1.94 bits per heavy atom. The van der Waals surface area contributed by atoms with Crippen LogP contribution >= 0.6 is 15.9 Å². The van der Waals surface area contributed by atoms with E-state index in [0.29, 0.717) is 10.9 Å². The van der Waals surface area contributed by atoms with Gasteiger partial charge in [0.15, 0.2) is 0 Å².